The number of likely N-dealkylation sites (tertiary alicyclic amines) is 1. The van der Waals surface area contributed by atoms with E-state index in [9.17, 15) is 9.18 Å². The van der Waals surface area contributed by atoms with E-state index in [1.807, 2.05) is 29.0 Å². The number of fused-ring (bicyclic) bond motifs is 1. The summed E-state index contributed by atoms with van der Waals surface area (Å²) < 4.78 is 16.0. The van der Waals surface area contributed by atoms with E-state index in [1.54, 1.807) is 36.6 Å². The van der Waals surface area contributed by atoms with Crippen LogP contribution in [0.5, 0.6) is 0 Å². The van der Waals surface area contributed by atoms with Gasteiger partial charge in [0, 0.05) is 42.6 Å². The molecule has 0 radical (unpaired) electrons. The molecule has 0 spiro atoms. The van der Waals surface area contributed by atoms with Gasteiger partial charge in [-0.1, -0.05) is 0 Å². The molecule has 0 atom stereocenters. The van der Waals surface area contributed by atoms with Crippen LogP contribution >= 0.6 is 0 Å². The number of hydrogen-bond acceptors (Lipinski definition) is 5. The van der Waals surface area contributed by atoms with Crippen LogP contribution in [0.2, 0.25) is 0 Å². The van der Waals surface area contributed by atoms with Gasteiger partial charge in [0.25, 0.3) is 5.91 Å². The molecule has 0 aliphatic carbocycles. The molecular weight excluding hydrogens is 397 g/mol. The Morgan fingerprint density at radius 1 is 1.16 bits per heavy atom. The summed E-state index contributed by atoms with van der Waals surface area (Å²) in [6, 6.07) is 5.70. The normalized spacial score (nSPS) is 16.0. The summed E-state index contributed by atoms with van der Waals surface area (Å²) in [5.74, 6) is 0.230. The van der Waals surface area contributed by atoms with Gasteiger partial charge in [0.2, 0.25) is 0 Å². The van der Waals surface area contributed by atoms with E-state index in [1.165, 1.54) is 0 Å². The fourth-order valence-electron chi connectivity index (χ4n) is 3.90. The summed E-state index contributed by atoms with van der Waals surface area (Å²) in [6.07, 6.45) is 9.32. The van der Waals surface area contributed by atoms with E-state index in [-0.39, 0.29) is 5.91 Å². The number of nitrogens with zero attached hydrogens (tertiary/aromatic N) is 5. The third-order valence-electron chi connectivity index (χ3n) is 5.78. The minimum atomic E-state index is -1.19. The van der Waals surface area contributed by atoms with E-state index in [2.05, 4.69) is 19.9 Å². The number of amides is 1. The van der Waals surface area contributed by atoms with Crippen LogP contribution in [-0.4, -0.2) is 54.1 Å². The highest BCUT2D eigenvalue weighted by molar-refractivity contribution is 5.97. The van der Waals surface area contributed by atoms with Crippen LogP contribution in [0.25, 0.3) is 28.0 Å². The number of H-pyrrole nitrogens is 1. The largest absolute Gasteiger partial charge is 0.369 e. The summed E-state index contributed by atoms with van der Waals surface area (Å²) in [5, 5.41) is 0.842. The Morgan fingerprint density at radius 2 is 1.97 bits per heavy atom. The first-order valence-corrected chi connectivity index (χ1v) is 10.1. The molecule has 0 aromatic carbocycles. The third kappa shape index (κ3) is 3.63. The molecule has 1 amide bonds. The second-order valence-electron chi connectivity index (χ2n) is 8.14. The standard InChI is InChI=1S/C22H22FN7O/c1-22(23)3-6-29(7-4-22)20(31)16-8-14-2-5-30(19(14)26-11-16)17-9-15(10-25-12-17)18-13-27-21(24)28-18/h2,5,8-13H,3-4,6-7H2,1H3,(H3,24,27,28). The molecule has 31 heavy (non-hydrogen) atoms. The monoisotopic (exact) mass is 419 g/mol. The maximum absolute atomic E-state index is 14.1. The van der Waals surface area contributed by atoms with Crippen molar-refractivity contribution in [2.45, 2.75) is 25.4 Å². The summed E-state index contributed by atoms with van der Waals surface area (Å²) in [4.78, 5) is 30.4. The van der Waals surface area contributed by atoms with Crippen molar-refractivity contribution in [1.82, 2.24) is 29.4 Å². The van der Waals surface area contributed by atoms with Crippen molar-refractivity contribution in [3.05, 3.63) is 54.7 Å². The van der Waals surface area contributed by atoms with E-state index < -0.39 is 5.67 Å². The lowest BCUT2D eigenvalue weighted by atomic mass is 9.95. The smallest absolute Gasteiger partial charge is 0.255 e. The first-order valence-electron chi connectivity index (χ1n) is 10.1. The second-order valence-corrected chi connectivity index (χ2v) is 8.14. The van der Waals surface area contributed by atoms with Crippen molar-refractivity contribution in [1.29, 1.82) is 0 Å². The molecule has 5 rings (SSSR count). The molecule has 9 heteroatoms. The Morgan fingerprint density at radius 3 is 2.71 bits per heavy atom. The van der Waals surface area contributed by atoms with Crippen LogP contribution in [-0.2, 0) is 0 Å². The number of alkyl halides is 1. The molecule has 0 bridgehead atoms. The number of aromatic nitrogens is 5. The van der Waals surface area contributed by atoms with Crippen LogP contribution < -0.4 is 5.73 Å². The molecule has 0 saturated carbocycles. The van der Waals surface area contributed by atoms with Crippen LogP contribution in [0.3, 0.4) is 0 Å². The van der Waals surface area contributed by atoms with Gasteiger partial charge in [-0.05, 0) is 38.0 Å². The Bertz CT molecular complexity index is 1270. The maximum atomic E-state index is 14.1. The van der Waals surface area contributed by atoms with Crippen molar-refractivity contribution in [3.63, 3.8) is 0 Å². The number of rotatable bonds is 3. The van der Waals surface area contributed by atoms with Crippen molar-refractivity contribution in [3.8, 4) is 16.9 Å². The van der Waals surface area contributed by atoms with Crippen molar-refractivity contribution < 1.29 is 9.18 Å². The van der Waals surface area contributed by atoms with E-state index in [0.717, 1.165) is 28.0 Å². The lowest BCUT2D eigenvalue weighted by Crippen LogP contribution is -2.43. The first-order chi connectivity index (χ1) is 14.9. The number of anilines is 1. The predicted molar refractivity (Wildman–Crippen MR) is 116 cm³/mol. The molecule has 8 nitrogen and oxygen atoms in total. The number of nitrogens with two attached hydrogens (primary N) is 1. The third-order valence-corrected chi connectivity index (χ3v) is 5.78. The first kappa shape index (κ1) is 19.2. The fraction of sp³-hybridized carbons (Fsp3) is 0.273. The van der Waals surface area contributed by atoms with Crippen LogP contribution in [0.1, 0.15) is 30.1 Å². The topological polar surface area (TPSA) is 106 Å². The van der Waals surface area contributed by atoms with Crippen LogP contribution in [0.15, 0.2) is 49.2 Å². The highest BCUT2D eigenvalue weighted by atomic mass is 19.1. The van der Waals surface area contributed by atoms with Gasteiger partial charge in [0.1, 0.15) is 11.3 Å². The summed E-state index contributed by atoms with van der Waals surface area (Å²) >= 11 is 0. The van der Waals surface area contributed by atoms with Crippen LogP contribution in [0.4, 0.5) is 10.3 Å². The number of imidazole rings is 1. The number of piperidine rings is 1. The quantitative estimate of drug-likeness (QED) is 0.530. The van der Waals surface area contributed by atoms with E-state index in [4.69, 9.17) is 5.73 Å². The molecule has 1 aliphatic heterocycles. The van der Waals surface area contributed by atoms with Crippen molar-refractivity contribution >= 4 is 22.9 Å². The molecule has 1 aliphatic rings. The van der Waals surface area contributed by atoms with Crippen molar-refractivity contribution in [2.24, 2.45) is 0 Å². The Labute approximate surface area is 177 Å². The average molecular weight is 419 g/mol. The minimum Gasteiger partial charge on any atom is -0.369 e. The molecule has 3 N–H and O–H groups in total. The molecule has 1 fully saturated rings. The minimum absolute atomic E-state index is 0.113. The van der Waals surface area contributed by atoms with E-state index >= 15 is 0 Å². The number of nitrogen functional groups attached to an aromatic ring is 1. The summed E-state index contributed by atoms with van der Waals surface area (Å²) in [5.41, 5.74) is 8.15. The molecule has 1 saturated heterocycles. The van der Waals surface area contributed by atoms with E-state index in [0.29, 0.717) is 37.4 Å². The number of carbonyl (C=O) groups excluding carboxylic acids is 1. The maximum Gasteiger partial charge on any atom is 0.255 e. The van der Waals surface area contributed by atoms with Gasteiger partial charge in [-0.15, -0.1) is 0 Å². The van der Waals surface area contributed by atoms with Gasteiger partial charge in [0.05, 0.1) is 29.3 Å². The highest BCUT2D eigenvalue weighted by Crippen LogP contribution is 2.27. The second kappa shape index (κ2) is 7.19. The Balaban J connectivity index is 1.43. The van der Waals surface area contributed by atoms with Gasteiger partial charge >= 0.3 is 0 Å². The number of hydrogen-bond donors (Lipinski definition) is 2. The number of pyridine rings is 2. The molecule has 5 heterocycles. The fourth-order valence-corrected chi connectivity index (χ4v) is 3.90. The Hall–Kier alpha value is -3.75. The average Bonchev–Trinajstić information content (AvgIpc) is 3.39. The van der Waals surface area contributed by atoms with Gasteiger partial charge in [-0.3, -0.25) is 14.3 Å². The zero-order valence-electron chi connectivity index (χ0n) is 17.0. The lowest BCUT2D eigenvalue weighted by Gasteiger charge is -2.34. The molecule has 4 aromatic heterocycles. The highest BCUT2D eigenvalue weighted by Gasteiger charge is 2.32. The van der Waals surface area contributed by atoms with Gasteiger partial charge in [-0.25, -0.2) is 14.4 Å². The van der Waals surface area contributed by atoms with Gasteiger partial charge in [0.15, 0.2) is 5.95 Å². The number of halogens is 1. The zero-order chi connectivity index (χ0) is 21.6. The molecule has 0 unspecified atom stereocenters. The number of nitrogens with one attached hydrogen (secondary N) is 1. The molecule has 4 aromatic rings. The predicted octanol–water partition coefficient (Wildman–Crippen LogP) is 3.36. The number of carbonyl (C=O) groups is 1. The van der Waals surface area contributed by atoms with Gasteiger partial charge < -0.3 is 15.6 Å². The SMILES string of the molecule is CC1(F)CCN(C(=O)c2cnc3c(ccn3-c3cncc(-c4cnc(N)[nH]4)c3)c2)CC1. The van der Waals surface area contributed by atoms with Gasteiger partial charge in [-0.2, -0.15) is 0 Å². The number of aromatic amines is 1. The molecule has 158 valence electrons. The van der Waals surface area contributed by atoms with Crippen LogP contribution in [0, 0.1) is 0 Å². The summed E-state index contributed by atoms with van der Waals surface area (Å²) in [6.45, 7) is 2.43. The Kier molecular flexibility index (Phi) is 4.46. The van der Waals surface area contributed by atoms with Crippen molar-refractivity contribution in [2.75, 3.05) is 18.8 Å². The molecular formula is C22H22FN7O. The summed E-state index contributed by atoms with van der Waals surface area (Å²) in [7, 11) is 0. The zero-order valence-corrected chi connectivity index (χ0v) is 17.0. The lowest BCUT2D eigenvalue weighted by molar-refractivity contribution is 0.0504.